The third-order valence-electron chi connectivity index (χ3n) is 2.81. The Bertz CT molecular complexity index is 487. The monoisotopic (exact) mass is 262 g/mol. The van der Waals surface area contributed by atoms with E-state index in [4.69, 9.17) is 17.6 Å². The molecule has 2 radical (unpaired) electrons. The number of hydrogen-bond donors (Lipinski definition) is 2. The molecule has 2 rings (SSSR count). The van der Waals surface area contributed by atoms with E-state index >= 15 is 0 Å². The highest BCUT2D eigenvalue weighted by Crippen LogP contribution is 2.21. The highest BCUT2D eigenvalue weighted by atomic mass is 19.1. The lowest BCUT2D eigenvalue weighted by Crippen LogP contribution is -2.38. The van der Waals surface area contributed by atoms with E-state index in [1.807, 2.05) is 0 Å². The zero-order valence-corrected chi connectivity index (χ0v) is 10.5. The minimum atomic E-state index is -0.679. The molecular formula is C11H13B2FN2O3. The van der Waals surface area contributed by atoms with E-state index in [0.29, 0.717) is 18.8 Å². The molecule has 5 nitrogen and oxygen atoms in total. The lowest BCUT2D eigenvalue weighted by molar-refractivity contribution is 0.142. The molecule has 1 atom stereocenters. The molecule has 0 saturated carbocycles. The number of ether oxygens (including phenoxy) is 1. The van der Waals surface area contributed by atoms with Crippen molar-refractivity contribution in [1.82, 2.24) is 5.23 Å². The Morgan fingerprint density at radius 2 is 2.42 bits per heavy atom. The van der Waals surface area contributed by atoms with Gasteiger partial charge in [0.05, 0.1) is 12.2 Å². The minimum Gasteiger partial charge on any atom is -0.443 e. The van der Waals surface area contributed by atoms with E-state index in [1.165, 1.54) is 17.0 Å². The van der Waals surface area contributed by atoms with Crippen LogP contribution in [0.5, 0.6) is 0 Å². The number of rotatable bonds is 4. The van der Waals surface area contributed by atoms with Crippen molar-refractivity contribution in [1.29, 1.82) is 0 Å². The maximum absolute atomic E-state index is 13.4. The third-order valence-corrected chi connectivity index (χ3v) is 2.81. The van der Waals surface area contributed by atoms with Crippen molar-refractivity contribution in [2.24, 2.45) is 0 Å². The summed E-state index contributed by atoms with van der Waals surface area (Å²) in [6.45, 7) is 2.20. The third kappa shape index (κ3) is 3.27. The van der Waals surface area contributed by atoms with Gasteiger partial charge < -0.3 is 15.0 Å². The Hall–Kier alpha value is -1.53. The summed E-state index contributed by atoms with van der Waals surface area (Å²) in [4.78, 5) is 13.0. The number of halogens is 1. The molecule has 1 aliphatic rings. The highest BCUT2D eigenvalue weighted by Gasteiger charge is 2.32. The van der Waals surface area contributed by atoms with Crippen LogP contribution in [0.2, 0.25) is 6.82 Å². The van der Waals surface area contributed by atoms with Crippen LogP contribution in [0.15, 0.2) is 18.2 Å². The van der Waals surface area contributed by atoms with Gasteiger partial charge in [-0.25, -0.2) is 9.18 Å². The molecule has 1 aromatic carbocycles. The van der Waals surface area contributed by atoms with Gasteiger partial charge in [-0.05, 0) is 19.0 Å². The molecule has 2 N–H and O–H groups in total. The summed E-state index contributed by atoms with van der Waals surface area (Å²) in [5.41, 5.74) is 0.430. The van der Waals surface area contributed by atoms with E-state index in [0.717, 1.165) is 0 Å². The molecule has 1 saturated heterocycles. The van der Waals surface area contributed by atoms with Gasteiger partial charge in [-0.1, -0.05) is 11.5 Å². The summed E-state index contributed by atoms with van der Waals surface area (Å²) < 4.78 is 18.5. The number of carbonyl (C=O) groups is 1. The van der Waals surface area contributed by atoms with Crippen LogP contribution in [0.3, 0.4) is 0 Å². The predicted molar refractivity (Wildman–Crippen MR) is 71.2 cm³/mol. The Labute approximate surface area is 112 Å². The molecule has 98 valence electrons. The molecule has 19 heavy (non-hydrogen) atoms. The first-order valence-corrected chi connectivity index (χ1v) is 5.92. The van der Waals surface area contributed by atoms with Crippen molar-refractivity contribution in [2.45, 2.75) is 12.9 Å². The molecule has 0 aliphatic carbocycles. The van der Waals surface area contributed by atoms with Crippen molar-refractivity contribution in [3.8, 4) is 0 Å². The quantitative estimate of drug-likeness (QED) is 0.727. The van der Waals surface area contributed by atoms with Gasteiger partial charge >= 0.3 is 13.1 Å². The van der Waals surface area contributed by atoms with Gasteiger partial charge in [0.25, 0.3) is 0 Å². The average molecular weight is 262 g/mol. The highest BCUT2D eigenvalue weighted by molar-refractivity contribution is 6.45. The van der Waals surface area contributed by atoms with Crippen molar-refractivity contribution in [3.05, 3.63) is 24.0 Å². The fourth-order valence-corrected chi connectivity index (χ4v) is 1.82. The lowest BCUT2D eigenvalue weighted by atomic mass is 9.89. The molecule has 0 spiro atoms. The van der Waals surface area contributed by atoms with Crippen molar-refractivity contribution in [3.63, 3.8) is 0 Å². The van der Waals surface area contributed by atoms with Gasteiger partial charge in [0, 0.05) is 6.54 Å². The summed E-state index contributed by atoms with van der Waals surface area (Å²) in [6, 6.07) is 4.16. The van der Waals surface area contributed by atoms with Gasteiger partial charge in [-0.3, -0.25) is 4.90 Å². The van der Waals surface area contributed by atoms with Crippen LogP contribution < -0.4 is 15.6 Å². The molecule has 1 unspecified atom stereocenters. The maximum atomic E-state index is 13.4. The second-order valence-electron chi connectivity index (χ2n) is 4.41. The Kier molecular flexibility index (Phi) is 4.11. The number of cyclic esters (lactones) is 1. The van der Waals surface area contributed by atoms with Crippen LogP contribution in [0.1, 0.15) is 0 Å². The summed E-state index contributed by atoms with van der Waals surface area (Å²) in [6.07, 6.45) is -0.927. The van der Waals surface area contributed by atoms with Crippen LogP contribution >= 0.6 is 0 Å². The zero-order chi connectivity index (χ0) is 14.0. The van der Waals surface area contributed by atoms with Gasteiger partial charge in [-0.15, -0.1) is 0 Å². The van der Waals surface area contributed by atoms with E-state index in [-0.39, 0.29) is 11.6 Å². The van der Waals surface area contributed by atoms with E-state index in [1.54, 1.807) is 12.9 Å². The van der Waals surface area contributed by atoms with Crippen LogP contribution in [-0.2, 0) is 4.74 Å². The Morgan fingerprint density at radius 3 is 3.05 bits per heavy atom. The number of anilines is 1. The molecule has 0 bridgehead atoms. The van der Waals surface area contributed by atoms with Crippen LogP contribution in [-0.4, -0.2) is 45.2 Å². The molecule has 1 aliphatic heterocycles. The van der Waals surface area contributed by atoms with Gasteiger partial charge in [0.2, 0.25) is 0 Å². The van der Waals surface area contributed by atoms with Crippen LogP contribution in [0.25, 0.3) is 0 Å². The first kappa shape index (κ1) is 13.9. The fraction of sp³-hybridized carbons (Fsp3) is 0.364. The second-order valence-corrected chi connectivity index (χ2v) is 4.41. The van der Waals surface area contributed by atoms with Crippen LogP contribution in [0, 0.1) is 5.82 Å². The van der Waals surface area contributed by atoms with Gasteiger partial charge in [0.15, 0.2) is 0 Å². The number of amides is 1. The largest absolute Gasteiger partial charge is 0.443 e. The standard InChI is InChI=1S/C11H13B2FN2O3/c1-13(18)15-5-8-6-16(11(17)19-8)7-2-3-9(12)10(14)4-7/h2-4,8,15,18H,5-6H2,1H3. The number of nitrogens with zero attached hydrogens (tertiary/aromatic N) is 1. The summed E-state index contributed by atoms with van der Waals surface area (Å²) >= 11 is 0. The number of carbonyl (C=O) groups excluding carboxylic acids is 1. The van der Waals surface area contributed by atoms with Gasteiger partial charge in [0.1, 0.15) is 19.8 Å². The molecule has 8 heteroatoms. The molecule has 0 aromatic heterocycles. The molecule has 1 amide bonds. The van der Waals surface area contributed by atoms with E-state index in [2.05, 4.69) is 5.23 Å². The Balaban J connectivity index is 2.05. The number of nitrogens with one attached hydrogen (secondary N) is 1. The zero-order valence-electron chi connectivity index (χ0n) is 10.5. The number of benzene rings is 1. The van der Waals surface area contributed by atoms with Crippen molar-refractivity contribution < 1.29 is 18.9 Å². The van der Waals surface area contributed by atoms with Gasteiger partial charge in [-0.2, -0.15) is 0 Å². The van der Waals surface area contributed by atoms with Crippen molar-refractivity contribution in [2.75, 3.05) is 18.0 Å². The second kappa shape index (κ2) is 5.63. The van der Waals surface area contributed by atoms with E-state index in [9.17, 15) is 9.18 Å². The van der Waals surface area contributed by atoms with Crippen LogP contribution in [0.4, 0.5) is 14.9 Å². The smallest absolute Gasteiger partial charge is 0.414 e. The molecule has 1 heterocycles. The van der Waals surface area contributed by atoms with E-state index < -0.39 is 19.0 Å². The SMILES string of the molecule is [B]c1ccc(N2CC(CNB(C)O)OC2=O)cc1F. The fourth-order valence-electron chi connectivity index (χ4n) is 1.82. The molecule has 1 aromatic rings. The topological polar surface area (TPSA) is 61.8 Å². The maximum Gasteiger partial charge on any atom is 0.414 e. The number of hydrogen-bond acceptors (Lipinski definition) is 4. The van der Waals surface area contributed by atoms with Crippen molar-refractivity contribution >= 4 is 32.1 Å². The Morgan fingerprint density at radius 1 is 1.68 bits per heavy atom. The molecular weight excluding hydrogens is 249 g/mol. The predicted octanol–water partition coefficient (Wildman–Crippen LogP) is -0.355. The average Bonchev–Trinajstić information content (AvgIpc) is 2.72. The summed E-state index contributed by atoms with van der Waals surface area (Å²) in [5, 5.41) is 11.9. The normalized spacial score (nSPS) is 18.6. The molecule has 1 fully saturated rings. The summed E-state index contributed by atoms with van der Waals surface area (Å²) in [5.74, 6) is -0.573. The summed E-state index contributed by atoms with van der Waals surface area (Å²) in [7, 11) is 4.70. The lowest BCUT2D eigenvalue weighted by Gasteiger charge is -2.14. The first-order chi connectivity index (χ1) is 8.97. The minimum absolute atomic E-state index is 0.0311. The first-order valence-electron chi connectivity index (χ1n) is 5.92.